The Kier molecular flexibility index (Phi) is 6.05. The average Bonchev–Trinajstić information content (AvgIpc) is 2.19. The van der Waals surface area contributed by atoms with Gasteiger partial charge in [-0.25, -0.2) is 0 Å². The third-order valence-electron chi connectivity index (χ3n) is 1.83. The van der Waals surface area contributed by atoms with Crippen molar-refractivity contribution in [2.45, 2.75) is 13.0 Å². The van der Waals surface area contributed by atoms with Gasteiger partial charge in [0.1, 0.15) is 0 Å². The number of nitrogens with one attached hydrogen (secondary N) is 1. The van der Waals surface area contributed by atoms with Gasteiger partial charge in [-0.1, -0.05) is 18.7 Å². The number of rotatable bonds is 5. The molecular formula is C10H16N2O3. The smallest absolute Gasteiger partial charge is 0.309 e. The monoisotopic (exact) mass is 212 g/mol. The van der Waals surface area contributed by atoms with Crippen molar-refractivity contribution in [3.8, 4) is 0 Å². The lowest BCUT2D eigenvalue weighted by molar-refractivity contribution is -0.137. The minimum Gasteiger partial charge on any atom is -0.382 e. The summed E-state index contributed by atoms with van der Waals surface area (Å²) in [5, 5.41) is 2.44. The van der Waals surface area contributed by atoms with Crippen LogP contribution >= 0.6 is 0 Å². The molecule has 0 aliphatic carbocycles. The fraction of sp³-hybridized carbons (Fsp3) is 0.400. The molecule has 0 saturated heterocycles. The molecule has 0 rings (SSSR count). The Labute approximate surface area is 89.0 Å². The van der Waals surface area contributed by atoms with Crippen LogP contribution in [-0.4, -0.2) is 31.6 Å². The van der Waals surface area contributed by atoms with E-state index in [0.29, 0.717) is 0 Å². The van der Waals surface area contributed by atoms with E-state index in [9.17, 15) is 9.59 Å². The summed E-state index contributed by atoms with van der Waals surface area (Å²) in [6, 6.07) is -0.405. The van der Waals surface area contributed by atoms with Gasteiger partial charge in [0, 0.05) is 7.11 Å². The maximum Gasteiger partial charge on any atom is 0.309 e. The third kappa shape index (κ3) is 4.42. The Bertz CT molecular complexity index is 284. The van der Waals surface area contributed by atoms with Crippen molar-refractivity contribution in [3.63, 3.8) is 0 Å². The molecule has 0 radical (unpaired) electrons. The zero-order valence-electron chi connectivity index (χ0n) is 8.95. The van der Waals surface area contributed by atoms with E-state index >= 15 is 0 Å². The second kappa shape index (κ2) is 6.78. The molecule has 0 aromatic heterocycles. The zero-order valence-corrected chi connectivity index (χ0v) is 8.95. The van der Waals surface area contributed by atoms with Gasteiger partial charge in [0.2, 0.25) is 0 Å². The second-order valence-corrected chi connectivity index (χ2v) is 2.84. The first-order chi connectivity index (χ1) is 7.06. The number of methoxy groups -OCH3 is 1. The molecule has 15 heavy (non-hydrogen) atoms. The summed E-state index contributed by atoms with van der Waals surface area (Å²) in [4.78, 5) is 21.6. The number of allylic oxidation sites excluding steroid dienone is 1. The molecule has 0 saturated carbocycles. The number of carbonyl (C=O) groups excluding carboxylic acids is 2. The average molecular weight is 212 g/mol. The summed E-state index contributed by atoms with van der Waals surface area (Å²) in [6.45, 7) is 5.65. The van der Waals surface area contributed by atoms with Crippen LogP contribution in [0.1, 0.15) is 6.92 Å². The topological polar surface area (TPSA) is 81.4 Å². The van der Waals surface area contributed by atoms with Crippen molar-refractivity contribution >= 4 is 11.8 Å². The highest BCUT2D eigenvalue weighted by Gasteiger charge is 2.17. The Morgan fingerprint density at radius 3 is 2.53 bits per heavy atom. The normalized spacial score (nSPS) is 13.1. The van der Waals surface area contributed by atoms with E-state index in [0.717, 1.165) is 5.57 Å². The maximum atomic E-state index is 11.1. The van der Waals surface area contributed by atoms with Crippen LogP contribution in [0, 0.1) is 0 Å². The summed E-state index contributed by atoms with van der Waals surface area (Å²) in [6.07, 6.45) is 3.36. The van der Waals surface area contributed by atoms with Gasteiger partial charge in [-0.2, -0.15) is 0 Å². The molecule has 0 aromatic carbocycles. The van der Waals surface area contributed by atoms with Gasteiger partial charge in [-0.3, -0.25) is 9.59 Å². The Balaban J connectivity index is 4.60. The van der Waals surface area contributed by atoms with Gasteiger partial charge in [0.05, 0.1) is 12.6 Å². The highest BCUT2D eigenvalue weighted by molar-refractivity contribution is 6.34. The van der Waals surface area contributed by atoms with Gasteiger partial charge in [0.25, 0.3) is 0 Å². The molecule has 0 spiro atoms. The molecule has 3 N–H and O–H groups in total. The van der Waals surface area contributed by atoms with Gasteiger partial charge in [-0.05, 0) is 12.5 Å². The fourth-order valence-corrected chi connectivity index (χ4v) is 1.08. The maximum absolute atomic E-state index is 11.1. The minimum absolute atomic E-state index is 0.255. The molecule has 0 bridgehead atoms. The van der Waals surface area contributed by atoms with Crippen LogP contribution < -0.4 is 11.1 Å². The first-order valence-electron chi connectivity index (χ1n) is 4.44. The van der Waals surface area contributed by atoms with Crippen molar-refractivity contribution < 1.29 is 14.3 Å². The van der Waals surface area contributed by atoms with Gasteiger partial charge in [-0.15, -0.1) is 0 Å². The quantitative estimate of drug-likeness (QED) is 0.486. The highest BCUT2D eigenvalue weighted by atomic mass is 16.5. The number of carbonyl (C=O) groups is 2. The molecule has 0 aliphatic heterocycles. The fourth-order valence-electron chi connectivity index (χ4n) is 1.08. The van der Waals surface area contributed by atoms with E-state index in [-0.39, 0.29) is 6.61 Å². The van der Waals surface area contributed by atoms with Crippen molar-refractivity contribution in [2.24, 2.45) is 5.73 Å². The zero-order chi connectivity index (χ0) is 11.8. The highest BCUT2D eigenvalue weighted by Crippen LogP contribution is 2.04. The van der Waals surface area contributed by atoms with E-state index in [4.69, 9.17) is 10.5 Å². The van der Waals surface area contributed by atoms with Crippen LogP contribution in [0.15, 0.2) is 24.3 Å². The van der Waals surface area contributed by atoms with Gasteiger partial charge in [0.15, 0.2) is 0 Å². The van der Waals surface area contributed by atoms with Crippen molar-refractivity contribution in [3.05, 3.63) is 24.3 Å². The molecule has 1 atom stereocenters. The molecule has 0 aliphatic rings. The largest absolute Gasteiger partial charge is 0.382 e. The summed E-state index contributed by atoms with van der Waals surface area (Å²) in [5.74, 6) is -1.85. The predicted octanol–water partition coefficient (Wildman–Crippen LogP) is -0.265. The molecule has 5 heteroatoms. The number of ether oxygens (including phenoxy) is 1. The third-order valence-corrected chi connectivity index (χ3v) is 1.83. The first kappa shape index (κ1) is 13.4. The standard InChI is InChI=1S/C10H16N2O3/c1-4-7(5-2)8(6-15-3)12-10(14)9(11)13/h4-5,8H,1,6H2,2-3H3,(H2,11,13)(H,12,14)/b7-5+. The molecular weight excluding hydrogens is 196 g/mol. The first-order valence-corrected chi connectivity index (χ1v) is 4.44. The molecule has 0 fully saturated rings. The molecule has 0 heterocycles. The Morgan fingerprint density at radius 1 is 1.60 bits per heavy atom. The van der Waals surface area contributed by atoms with Crippen LogP contribution in [0.2, 0.25) is 0 Å². The number of nitrogens with two attached hydrogens (primary N) is 1. The number of hydrogen-bond donors (Lipinski definition) is 2. The van der Waals surface area contributed by atoms with Crippen LogP contribution in [0.4, 0.5) is 0 Å². The van der Waals surface area contributed by atoms with E-state index in [1.807, 2.05) is 0 Å². The molecule has 84 valence electrons. The summed E-state index contributed by atoms with van der Waals surface area (Å²) in [5.41, 5.74) is 5.60. The van der Waals surface area contributed by atoms with Crippen LogP contribution in [0.3, 0.4) is 0 Å². The Morgan fingerprint density at radius 2 is 2.20 bits per heavy atom. The van der Waals surface area contributed by atoms with Crippen molar-refractivity contribution in [2.75, 3.05) is 13.7 Å². The van der Waals surface area contributed by atoms with Gasteiger partial charge >= 0.3 is 11.8 Å². The minimum atomic E-state index is -1.02. The lowest BCUT2D eigenvalue weighted by atomic mass is 10.1. The van der Waals surface area contributed by atoms with Gasteiger partial charge < -0.3 is 15.8 Å². The lowest BCUT2D eigenvalue weighted by Gasteiger charge is -2.17. The van der Waals surface area contributed by atoms with E-state index in [1.165, 1.54) is 7.11 Å². The summed E-state index contributed by atoms with van der Waals surface area (Å²) >= 11 is 0. The van der Waals surface area contributed by atoms with E-state index < -0.39 is 17.9 Å². The van der Waals surface area contributed by atoms with Crippen LogP contribution in [0.5, 0.6) is 0 Å². The molecule has 2 amide bonds. The van der Waals surface area contributed by atoms with Crippen molar-refractivity contribution in [1.29, 1.82) is 0 Å². The van der Waals surface area contributed by atoms with Crippen molar-refractivity contribution in [1.82, 2.24) is 5.32 Å². The summed E-state index contributed by atoms with van der Waals surface area (Å²) in [7, 11) is 1.50. The van der Waals surface area contributed by atoms with Crippen LogP contribution in [-0.2, 0) is 14.3 Å². The SMILES string of the molecule is C=C/C(=C\C)C(COC)NC(=O)C(N)=O. The molecule has 1 unspecified atom stereocenters. The predicted molar refractivity (Wildman–Crippen MR) is 57.0 cm³/mol. The second-order valence-electron chi connectivity index (χ2n) is 2.84. The molecule has 5 nitrogen and oxygen atoms in total. The van der Waals surface area contributed by atoms with Crippen LogP contribution in [0.25, 0.3) is 0 Å². The number of hydrogen-bond acceptors (Lipinski definition) is 3. The Hall–Kier alpha value is -1.62. The number of primary amides is 1. The molecule has 0 aromatic rings. The van der Waals surface area contributed by atoms with E-state index in [2.05, 4.69) is 11.9 Å². The van der Waals surface area contributed by atoms with E-state index in [1.54, 1.807) is 19.1 Å². The summed E-state index contributed by atoms with van der Waals surface area (Å²) < 4.78 is 4.91. The lowest BCUT2D eigenvalue weighted by Crippen LogP contribution is -2.45. The number of amides is 2.